The number of hydrogen-bond donors (Lipinski definition) is 0. The monoisotopic (exact) mass is 495 g/mol. The molecule has 0 aliphatic heterocycles. The van der Waals surface area contributed by atoms with Gasteiger partial charge in [-0.3, -0.25) is 0 Å². The van der Waals surface area contributed by atoms with Gasteiger partial charge in [-0.15, -0.1) is 0 Å². The molecule has 0 aromatic heterocycles. The summed E-state index contributed by atoms with van der Waals surface area (Å²) in [6.07, 6.45) is 0. The summed E-state index contributed by atoms with van der Waals surface area (Å²) in [6, 6.07) is 0. The summed E-state index contributed by atoms with van der Waals surface area (Å²) in [5.41, 5.74) is 0. The topological polar surface area (TPSA) is 172 Å². The number of hydrogen-bond acceptors (Lipinski definition) is 9. The second-order valence-electron chi connectivity index (χ2n) is 1.98. The van der Waals surface area contributed by atoms with E-state index < -0.39 is 30.4 Å². The molecule has 0 saturated carbocycles. The Morgan fingerprint density at radius 3 is 0.632 bits per heavy atom. The maximum Gasteiger partial charge on any atom is 3.00 e. The average Bonchev–Trinajstić information content (AvgIpc) is 2.16. The Balaban J connectivity index is -0.0000000865. The van der Waals surface area contributed by atoms with Gasteiger partial charge in [-0.25, -0.2) is 25.3 Å². The zero-order valence-electron chi connectivity index (χ0n) is 9.02. The van der Waals surface area contributed by atoms with Gasteiger partial charge < -0.3 is 13.7 Å². The second-order valence-corrected chi connectivity index (χ2v) is 5.94. The normalized spacial score (nSPS) is 10.3. The van der Waals surface area contributed by atoms with E-state index in [9.17, 15) is 38.9 Å². The van der Waals surface area contributed by atoms with E-state index in [4.69, 9.17) is 0 Å². The summed E-state index contributed by atoms with van der Waals surface area (Å²) in [6.45, 7) is 8.19. The Morgan fingerprint density at radius 1 is 0.579 bits per heavy atom. The van der Waals surface area contributed by atoms with E-state index in [1.165, 1.54) is 0 Å². The van der Waals surface area contributed by atoms with Crippen molar-refractivity contribution in [3.63, 3.8) is 0 Å². The fraction of sp³-hybridized carbons (Fsp3) is 0. The van der Waals surface area contributed by atoms with Crippen LogP contribution in [0.2, 0.25) is 0 Å². The van der Waals surface area contributed by atoms with Crippen LogP contribution in [0.3, 0.4) is 0 Å². The first-order chi connectivity index (χ1) is 7.68. The zero-order valence-corrected chi connectivity index (χ0v) is 13.2. The van der Waals surface area contributed by atoms with Crippen molar-refractivity contribution < 1.29 is 85.8 Å². The molecule has 0 heterocycles. The molecule has 19 heavy (non-hydrogen) atoms. The molecule has 119 valence electrons. The van der Waals surface area contributed by atoms with Crippen LogP contribution in [-0.2, 0) is 30.4 Å². The fourth-order valence-electron chi connectivity index (χ4n) is 0. The first-order valence-electron chi connectivity index (χ1n) is 3.43. The minimum atomic E-state index is -4.15. The minimum absolute atomic E-state index is 0. The van der Waals surface area contributed by atoms with Crippen LogP contribution in [0.4, 0.5) is 0 Å². The van der Waals surface area contributed by atoms with Gasteiger partial charge in [0.05, 0.1) is 0 Å². The van der Waals surface area contributed by atoms with Crippen LogP contribution in [0.15, 0.2) is 36.0 Å². The van der Waals surface area contributed by atoms with Crippen LogP contribution in [-0.4, -0.2) is 38.9 Å². The molecule has 1 radical (unpaired) electrons. The Bertz CT molecular complexity index is 449. The maximum absolute atomic E-state index is 9.33. The van der Waals surface area contributed by atoms with Gasteiger partial charge in [-0.2, -0.15) is 0 Å². The quantitative estimate of drug-likeness (QED) is 0.447. The van der Waals surface area contributed by atoms with Crippen molar-refractivity contribution in [2.24, 2.45) is 0 Å². The summed E-state index contributed by atoms with van der Waals surface area (Å²) < 4.78 is 83.9. The molecule has 0 rings (SSSR count). The first kappa shape index (κ1) is 27.8. The SMILES string of the molecule is C=CS(=O)(=O)[O-].C=CS(=O)(=O)[O-].C=CS(=O)(=O)[O-].[Yb+3]. The predicted molar refractivity (Wildman–Crippen MR) is 59.7 cm³/mol. The van der Waals surface area contributed by atoms with Gasteiger partial charge in [0, 0.05) is 16.2 Å². The van der Waals surface area contributed by atoms with Gasteiger partial charge in [0.25, 0.3) is 0 Å². The van der Waals surface area contributed by atoms with Gasteiger partial charge in [0.1, 0.15) is 30.4 Å². The van der Waals surface area contributed by atoms with Crippen LogP contribution < -0.4 is 0 Å². The maximum atomic E-state index is 9.33. The molecule has 13 heteroatoms. The standard InChI is InChI=1S/3C2H4O3S.Yb/c3*1-2-6(3,4)5;/h3*2H,1H2,(H,3,4,5);/q;;;+3/p-3. The summed E-state index contributed by atoms with van der Waals surface area (Å²) in [4.78, 5) is 0. The summed E-state index contributed by atoms with van der Waals surface area (Å²) in [7, 11) is -12.4. The molecule has 0 aliphatic carbocycles. The predicted octanol–water partition coefficient (Wildman–Crippen LogP) is -0.975. The Labute approximate surface area is 150 Å². The third-order valence-corrected chi connectivity index (χ3v) is 1.84. The van der Waals surface area contributed by atoms with E-state index in [-0.39, 0.29) is 46.9 Å². The molecular weight excluding hydrogens is 485 g/mol. The van der Waals surface area contributed by atoms with E-state index in [1.54, 1.807) is 0 Å². The van der Waals surface area contributed by atoms with E-state index in [2.05, 4.69) is 19.7 Å². The largest absolute Gasteiger partial charge is 3.00 e. The zero-order chi connectivity index (χ0) is 15.6. The molecule has 0 aromatic carbocycles. The van der Waals surface area contributed by atoms with Crippen LogP contribution >= 0.6 is 0 Å². The van der Waals surface area contributed by atoms with Gasteiger partial charge in [0.15, 0.2) is 0 Å². The van der Waals surface area contributed by atoms with E-state index in [1.807, 2.05) is 0 Å². The molecule has 0 amide bonds. The first-order valence-corrected chi connectivity index (χ1v) is 7.85. The van der Waals surface area contributed by atoms with Crippen molar-refractivity contribution in [1.29, 1.82) is 0 Å². The van der Waals surface area contributed by atoms with Crippen molar-refractivity contribution in [2.75, 3.05) is 0 Å². The van der Waals surface area contributed by atoms with Crippen molar-refractivity contribution in [1.82, 2.24) is 0 Å². The Hall–Kier alpha value is 0.469. The molecule has 0 fully saturated rings. The smallest absolute Gasteiger partial charge is 0.745 e. The van der Waals surface area contributed by atoms with Gasteiger partial charge in [0.2, 0.25) is 0 Å². The third kappa shape index (κ3) is 55.9. The summed E-state index contributed by atoms with van der Waals surface area (Å²) in [5.74, 6) is 0. The van der Waals surface area contributed by atoms with E-state index >= 15 is 0 Å². The Morgan fingerprint density at radius 2 is 0.632 bits per heavy atom. The second kappa shape index (κ2) is 12.2. The van der Waals surface area contributed by atoms with Crippen molar-refractivity contribution in [3.05, 3.63) is 36.0 Å². The average molecular weight is 494 g/mol. The number of rotatable bonds is 3. The summed E-state index contributed by atoms with van der Waals surface area (Å²) >= 11 is 0. The van der Waals surface area contributed by atoms with E-state index in [0.29, 0.717) is 16.2 Å². The van der Waals surface area contributed by atoms with Crippen molar-refractivity contribution in [2.45, 2.75) is 0 Å². The fourth-order valence-corrected chi connectivity index (χ4v) is 0. The van der Waals surface area contributed by atoms with E-state index in [0.717, 1.165) is 0 Å². The molecule has 0 bridgehead atoms. The molecule has 0 aromatic rings. The molecular formula is C6H9O9S3Yb. The molecule has 0 unspecified atom stereocenters. The van der Waals surface area contributed by atoms with Crippen molar-refractivity contribution in [3.8, 4) is 0 Å². The Kier molecular flexibility index (Phi) is 17.9. The van der Waals surface area contributed by atoms with Gasteiger partial charge in [-0.05, 0) is 0 Å². The third-order valence-electron chi connectivity index (χ3n) is 0.612. The van der Waals surface area contributed by atoms with Crippen molar-refractivity contribution >= 4 is 30.4 Å². The molecule has 0 N–H and O–H groups in total. The molecule has 0 atom stereocenters. The summed E-state index contributed by atoms with van der Waals surface area (Å²) in [5, 5.41) is 1.06. The van der Waals surface area contributed by atoms with Crippen LogP contribution in [0.1, 0.15) is 0 Å². The molecule has 0 saturated heterocycles. The van der Waals surface area contributed by atoms with Crippen LogP contribution in [0.25, 0.3) is 0 Å². The molecule has 9 nitrogen and oxygen atoms in total. The van der Waals surface area contributed by atoms with Gasteiger partial charge >= 0.3 is 46.9 Å². The van der Waals surface area contributed by atoms with Crippen LogP contribution in [0.5, 0.6) is 0 Å². The minimum Gasteiger partial charge on any atom is -0.745 e. The molecule has 0 aliphatic rings. The molecule has 0 spiro atoms. The van der Waals surface area contributed by atoms with Crippen LogP contribution in [0, 0.1) is 46.9 Å². The van der Waals surface area contributed by atoms with Gasteiger partial charge in [-0.1, -0.05) is 19.7 Å².